The highest BCUT2D eigenvalue weighted by molar-refractivity contribution is 7.92. The third-order valence-electron chi connectivity index (χ3n) is 3.05. The van der Waals surface area contributed by atoms with Crippen LogP contribution in [0.15, 0.2) is 47.4 Å². The summed E-state index contributed by atoms with van der Waals surface area (Å²) >= 11 is 0. The molecule has 0 spiro atoms. The molecule has 0 aromatic heterocycles. The van der Waals surface area contributed by atoms with Crippen molar-refractivity contribution >= 4 is 15.7 Å². The Morgan fingerprint density at radius 3 is 2.61 bits per heavy atom. The fourth-order valence-corrected chi connectivity index (χ4v) is 3.33. The second-order valence-electron chi connectivity index (χ2n) is 4.93. The molecule has 0 amide bonds. The second kappa shape index (κ2) is 7.34. The summed E-state index contributed by atoms with van der Waals surface area (Å²) in [4.78, 5) is 0.0773. The normalized spacial score (nSPS) is 11.1. The van der Waals surface area contributed by atoms with Gasteiger partial charge in [0.05, 0.1) is 12.8 Å². The summed E-state index contributed by atoms with van der Waals surface area (Å²) in [7, 11) is -2.34. The van der Waals surface area contributed by atoms with E-state index in [4.69, 9.17) is 15.2 Å². The van der Waals surface area contributed by atoms with Gasteiger partial charge < -0.3 is 15.2 Å². The Morgan fingerprint density at radius 1 is 1.17 bits per heavy atom. The third kappa shape index (κ3) is 4.37. The summed E-state index contributed by atoms with van der Waals surface area (Å²) in [6, 6.07) is 11.6. The van der Waals surface area contributed by atoms with E-state index < -0.39 is 10.0 Å². The van der Waals surface area contributed by atoms with Gasteiger partial charge in [0.1, 0.15) is 23.0 Å². The van der Waals surface area contributed by atoms with Crippen molar-refractivity contribution in [3.63, 3.8) is 0 Å². The van der Waals surface area contributed by atoms with E-state index in [1.54, 1.807) is 30.3 Å². The van der Waals surface area contributed by atoms with Gasteiger partial charge in [-0.05, 0) is 36.8 Å². The van der Waals surface area contributed by atoms with Crippen molar-refractivity contribution in [1.29, 1.82) is 0 Å². The first-order valence-electron chi connectivity index (χ1n) is 7.06. The summed E-state index contributed by atoms with van der Waals surface area (Å²) < 4.78 is 38.2. The molecule has 0 bridgehead atoms. The summed E-state index contributed by atoms with van der Waals surface area (Å²) in [6.07, 6.45) is 0. The monoisotopic (exact) mass is 336 g/mol. The number of ether oxygens (including phenoxy) is 2. The molecule has 0 atom stereocenters. The van der Waals surface area contributed by atoms with Crippen LogP contribution in [0.5, 0.6) is 11.5 Å². The van der Waals surface area contributed by atoms with Crippen molar-refractivity contribution in [2.75, 3.05) is 25.0 Å². The lowest BCUT2D eigenvalue weighted by atomic mass is 10.2. The van der Waals surface area contributed by atoms with Crippen molar-refractivity contribution in [2.45, 2.75) is 11.8 Å². The van der Waals surface area contributed by atoms with Crippen molar-refractivity contribution in [3.8, 4) is 11.5 Å². The van der Waals surface area contributed by atoms with E-state index in [0.717, 1.165) is 5.56 Å². The molecule has 0 heterocycles. The molecule has 2 rings (SSSR count). The Balaban J connectivity index is 2.32. The van der Waals surface area contributed by atoms with Crippen molar-refractivity contribution < 1.29 is 17.9 Å². The number of benzene rings is 2. The van der Waals surface area contributed by atoms with Gasteiger partial charge in [0.2, 0.25) is 0 Å². The zero-order valence-corrected chi connectivity index (χ0v) is 13.9. The van der Waals surface area contributed by atoms with E-state index in [2.05, 4.69) is 4.72 Å². The number of rotatable bonds is 7. The Hall–Kier alpha value is -2.25. The molecule has 0 saturated carbocycles. The van der Waals surface area contributed by atoms with Crippen LogP contribution in [-0.2, 0) is 10.0 Å². The van der Waals surface area contributed by atoms with E-state index in [0.29, 0.717) is 24.6 Å². The van der Waals surface area contributed by atoms with E-state index >= 15 is 0 Å². The second-order valence-corrected chi connectivity index (χ2v) is 6.58. The number of aryl methyl sites for hydroxylation is 1. The fourth-order valence-electron chi connectivity index (χ4n) is 2.12. The lowest BCUT2D eigenvalue weighted by molar-refractivity contribution is 0.328. The zero-order valence-electron chi connectivity index (χ0n) is 13.1. The number of nitrogens with one attached hydrogen (secondary N) is 1. The van der Waals surface area contributed by atoms with E-state index in [-0.39, 0.29) is 10.6 Å². The molecule has 0 aliphatic carbocycles. The molecule has 0 radical (unpaired) electrons. The van der Waals surface area contributed by atoms with E-state index in [1.165, 1.54) is 13.2 Å². The molecule has 0 fully saturated rings. The van der Waals surface area contributed by atoms with E-state index in [1.807, 2.05) is 13.0 Å². The van der Waals surface area contributed by atoms with Gasteiger partial charge in [0, 0.05) is 12.6 Å². The Kier molecular flexibility index (Phi) is 5.46. The number of sulfonamides is 1. The minimum absolute atomic E-state index is 0.0773. The molecule has 2 aromatic carbocycles. The van der Waals surface area contributed by atoms with Crippen LogP contribution >= 0.6 is 0 Å². The molecule has 0 unspecified atom stereocenters. The lowest BCUT2D eigenvalue weighted by Crippen LogP contribution is -2.14. The Bertz CT molecular complexity index is 775. The van der Waals surface area contributed by atoms with Crippen molar-refractivity contribution in [2.24, 2.45) is 5.73 Å². The van der Waals surface area contributed by atoms with E-state index in [9.17, 15) is 8.42 Å². The zero-order chi connectivity index (χ0) is 16.9. The quantitative estimate of drug-likeness (QED) is 0.808. The summed E-state index contributed by atoms with van der Waals surface area (Å²) in [5.74, 6) is 0.848. The first-order chi connectivity index (χ1) is 11.0. The smallest absolute Gasteiger partial charge is 0.265 e. The first-order valence-corrected chi connectivity index (χ1v) is 8.55. The predicted molar refractivity (Wildman–Crippen MR) is 89.5 cm³/mol. The largest absolute Gasteiger partial charge is 0.495 e. The van der Waals surface area contributed by atoms with Crippen molar-refractivity contribution in [3.05, 3.63) is 48.0 Å². The minimum atomic E-state index is -3.77. The van der Waals surface area contributed by atoms with Crippen LogP contribution in [-0.4, -0.2) is 28.7 Å². The highest BCUT2D eigenvalue weighted by atomic mass is 32.2. The molecule has 0 aliphatic heterocycles. The standard InChI is InChI=1S/C16H20N2O4S/c1-12-9-13(11-14(10-12)22-8-7-17)18-23(19,20)16-6-4-3-5-15(16)21-2/h3-6,9-11,18H,7-8,17H2,1-2H3. The van der Waals surface area contributed by atoms with Crippen LogP contribution in [0.4, 0.5) is 5.69 Å². The number of hydrogen-bond donors (Lipinski definition) is 2. The maximum atomic E-state index is 12.6. The van der Waals surface area contributed by atoms with Gasteiger partial charge in [-0.1, -0.05) is 12.1 Å². The van der Waals surface area contributed by atoms with Gasteiger partial charge in [0.25, 0.3) is 10.0 Å². The van der Waals surface area contributed by atoms with Gasteiger partial charge in [-0.25, -0.2) is 8.42 Å². The van der Waals surface area contributed by atoms with Crippen LogP contribution in [0.3, 0.4) is 0 Å². The molecule has 3 N–H and O–H groups in total. The Labute approximate surface area is 136 Å². The predicted octanol–water partition coefficient (Wildman–Crippen LogP) is 2.14. The number of hydrogen-bond acceptors (Lipinski definition) is 5. The van der Waals surface area contributed by atoms with Gasteiger partial charge in [-0.3, -0.25) is 4.72 Å². The molecule has 0 aliphatic rings. The van der Waals surface area contributed by atoms with Crippen LogP contribution in [0.1, 0.15) is 5.56 Å². The lowest BCUT2D eigenvalue weighted by Gasteiger charge is -2.13. The van der Waals surface area contributed by atoms with Crippen LogP contribution in [0.2, 0.25) is 0 Å². The number of para-hydroxylation sites is 1. The fraction of sp³-hybridized carbons (Fsp3) is 0.250. The summed E-state index contributed by atoms with van der Waals surface area (Å²) in [5, 5.41) is 0. The van der Waals surface area contributed by atoms with Gasteiger partial charge in [-0.2, -0.15) is 0 Å². The van der Waals surface area contributed by atoms with Gasteiger partial charge >= 0.3 is 0 Å². The SMILES string of the molecule is COc1ccccc1S(=O)(=O)Nc1cc(C)cc(OCCN)c1. The Morgan fingerprint density at radius 2 is 1.91 bits per heavy atom. The maximum Gasteiger partial charge on any atom is 0.265 e. The molecule has 0 saturated heterocycles. The summed E-state index contributed by atoms with van der Waals surface area (Å²) in [5.41, 5.74) is 6.70. The molecular weight excluding hydrogens is 316 g/mol. The van der Waals surface area contributed by atoms with Crippen LogP contribution in [0, 0.1) is 6.92 Å². The average molecular weight is 336 g/mol. The first kappa shape index (κ1) is 17.1. The van der Waals surface area contributed by atoms with Crippen molar-refractivity contribution in [1.82, 2.24) is 0 Å². The minimum Gasteiger partial charge on any atom is -0.495 e. The highest BCUT2D eigenvalue weighted by Crippen LogP contribution is 2.27. The molecular formula is C16H20N2O4S. The number of anilines is 1. The molecule has 6 nitrogen and oxygen atoms in total. The average Bonchev–Trinajstić information content (AvgIpc) is 2.52. The molecule has 7 heteroatoms. The molecule has 2 aromatic rings. The third-order valence-corrected chi connectivity index (χ3v) is 4.47. The van der Waals surface area contributed by atoms with Gasteiger partial charge in [0.15, 0.2) is 0 Å². The topological polar surface area (TPSA) is 90.7 Å². The van der Waals surface area contributed by atoms with Crippen LogP contribution in [0.25, 0.3) is 0 Å². The van der Waals surface area contributed by atoms with Crippen LogP contribution < -0.4 is 19.9 Å². The molecule has 124 valence electrons. The molecule has 23 heavy (non-hydrogen) atoms. The number of nitrogens with two attached hydrogens (primary N) is 1. The summed E-state index contributed by atoms with van der Waals surface area (Å²) in [6.45, 7) is 2.61. The maximum absolute atomic E-state index is 12.6. The number of methoxy groups -OCH3 is 1. The highest BCUT2D eigenvalue weighted by Gasteiger charge is 2.19. The van der Waals surface area contributed by atoms with Gasteiger partial charge in [-0.15, -0.1) is 0 Å².